The SMILES string of the molecule is CC/C=C/c1cc(S(=O)[O-])ccc1OC. The minimum Gasteiger partial charge on any atom is -0.768 e. The van der Waals surface area contributed by atoms with E-state index in [1.807, 2.05) is 19.1 Å². The fourth-order valence-corrected chi connectivity index (χ4v) is 1.59. The molecule has 0 aliphatic carbocycles. The summed E-state index contributed by atoms with van der Waals surface area (Å²) in [6.07, 6.45) is 4.71. The van der Waals surface area contributed by atoms with Crippen LogP contribution < -0.4 is 4.74 Å². The van der Waals surface area contributed by atoms with Crippen LogP contribution in [0, 0.1) is 0 Å². The third-order valence-electron chi connectivity index (χ3n) is 1.93. The van der Waals surface area contributed by atoms with E-state index >= 15 is 0 Å². The van der Waals surface area contributed by atoms with Crippen LogP contribution in [-0.2, 0) is 11.1 Å². The molecule has 0 saturated heterocycles. The molecule has 0 aliphatic heterocycles. The molecule has 0 aliphatic rings. The summed E-state index contributed by atoms with van der Waals surface area (Å²) in [7, 11) is 1.56. The van der Waals surface area contributed by atoms with E-state index in [-0.39, 0.29) is 4.90 Å². The minimum absolute atomic E-state index is 0.270. The summed E-state index contributed by atoms with van der Waals surface area (Å²) in [6.45, 7) is 2.01. The largest absolute Gasteiger partial charge is 0.768 e. The van der Waals surface area contributed by atoms with E-state index in [2.05, 4.69) is 0 Å². The van der Waals surface area contributed by atoms with Gasteiger partial charge in [0.25, 0.3) is 0 Å². The molecule has 0 saturated carbocycles. The number of hydrogen-bond acceptors (Lipinski definition) is 3. The monoisotopic (exact) mass is 225 g/mol. The van der Waals surface area contributed by atoms with Crippen molar-refractivity contribution in [3.05, 3.63) is 29.8 Å². The van der Waals surface area contributed by atoms with Crippen molar-refractivity contribution in [1.82, 2.24) is 0 Å². The Hall–Kier alpha value is -1.13. The van der Waals surface area contributed by atoms with Crippen LogP contribution in [-0.4, -0.2) is 15.9 Å². The molecule has 0 spiro atoms. The topological polar surface area (TPSA) is 49.4 Å². The number of benzene rings is 1. The van der Waals surface area contributed by atoms with Crippen molar-refractivity contribution in [3.8, 4) is 5.75 Å². The van der Waals surface area contributed by atoms with Crippen molar-refractivity contribution in [2.75, 3.05) is 7.11 Å². The third-order valence-corrected chi connectivity index (χ3v) is 2.57. The average Bonchev–Trinajstić information content (AvgIpc) is 2.25. The van der Waals surface area contributed by atoms with E-state index in [1.54, 1.807) is 19.2 Å². The molecule has 0 bridgehead atoms. The number of ether oxygens (including phenoxy) is 1. The molecule has 1 rings (SSSR count). The summed E-state index contributed by atoms with van der Waals surface area (Å²) in [4.78, 5) is 0.270. The van der Waals surface area contributed by atoms with Gasteiger partial charge in [-0.25, -0.2) is 0 Å². The summed E-state index contributed by atoms with van der Waals surface area (Å²) in [5.41, 5.74) is 0.779. The lowest BCUT2D eigenvalue weighted by molar-refractivity contribution is 0.413. The van der Waals surface area contributed by atoms with Gasteiger partial charge in [0.15, 0.2) is 0 Å². The van der Waals surface area contributed by atoms with Gasteiger partial charge in [-0.15, -0.1) is 0 Å². The molecule has 82 valence electrons. The van der Waals surface area contributed by atoms with Crippen molar-refractivity contribution in [1.29, 1.82) is 0 Å². The molecule has 0 radical (unpaired) electrons. The van der Waals surface area contributed by atoms with Gasteiger partial charge in [-0.2, -0.15) is 0 Å². The highest BCUT2D eigenvalue weighted by Gasteiger charge is 2.01. The molecule has 1 atom stereocenters. The fourth-order valence-electron chi connectivity index (χ4n) is 1.19. The van der Waals surface area contributed by atoms with Crippen LogP contribution in [0.1, 0.15) is 18.9 Å². The summed E-state index contributed by atoms with van der Waals surface area (Å²) in [6, 6.07) is 4.76. The smallest absolute Gasteiger partial charge is 0.126 e. The molecule has 0 heterocycles. The lowest BCUT2D eigenvalue weighted by atomic mass is 10.2. The highest BCUT2D eigenvalue weighted by atomic mass is 32.2. The van der Waals surface area contributed by atoms with Crippen molar-refractivity contribution in [2.24, 2.45) is 0 Å². The molecule has 0 amide bonds. The maximum absolute atomic E-state index is 10.8. The Morgan fingerprint density at radius 2 is 2.27 bits per heavy atom. The molecule has 1 aromatic carbocycles. The second kappa shape index (κ2) is 5.68. The molecule has 1 aromatic rings. The van der Waals surface area contributed by atoms with Crippen LogP contribution in [0.15, 0.2) is 29.2 Å². The summed E-state index contributed by atoms with van der Waals surface area (Å²) in [5, 5.41) is 0. The number of allylic oxidation sites excluding steroid dienone is 1. The first-order chi connectivity index (χ1) is 7.19. The summed E-state index contributed by atoms with van der Waals surface area (Å²) >= 11 is -2.19. The Bertz CT molecular complexity index is 385. The van der Waals surface area contributed by atoms with E-state index in [0.29, 0.717) is 5.75 Å². The van der Waals surface area contributed by atoms with Gasteiger partial charge in [-0.05, 0) is 35.7 Å². The predicted octanol–water partition coefficient (Wildman–Crippen LogP) is 2.36. The van der Waals surface area contributed by atoms with Gasteiger partial charge < -0.3 is 9.29 Å². The zero-order chi connectivity index (χ0) is 11.3. The van der Waals surface area contributed by atoms with E-state index in [1.165, 1.54) is 6.07 Å². The zero-order valence-electron chi connectivity index (χ0n) is 8.73. The van der Waals surface area contributed by atoms with Crippen molar-refractivity contribution in [3.63, 3.8) is 0 Å². The Morgan fingerprint density at radius 3 is 2.80 bits per heavy atom. The van der Waals surface area contributed by atoms with Crippen molar-refractivity contribution in [2.45, 2.75) is 18.2 Å². The quantitative estimate of drug-likeness (QED) is 0.739. The van der Waals surface area contributed by atoms with Crippen LogP contribution in [0.3, 0.4) is 0 Å². The normalized spacial score (nSPS) is 13.0. The molecule has 4 heteroatoms. The molecular weight excluding hydrogens is 212 g/mol. The second-order valence-corrected chi connectivity index (χ2v) is 3.89. The molecule has 0 aromatic heterocycles. The second-order valence-electron chi connectivity index (χ2n) is 2.95. The number of rotatable bonds is 4. The van der Waals surface area contributed by atoms with E-state index < -0.39 is 11.1 Å². The van der Waals surface area contributed by atoms with Gasteiger partial charge in [-0.1, -0.05) is 19.1 Å². The van der Waals surface area contributed by atoms with E-state index in [4.69, 9.17) is 4.74 Å². The van der Waals surface area contributed by atoms with E-state index in [9.17, 15) is 8.76 Å². The third kappa shape index (κ3) is 3.18. The van der Waals surface area contributed by atoms with Crippen LogP contribution >= 0.6 is 0 Å². The predicted molar refractivity (Wildman–Crippen MR) is 59.5 cm³/mol. The first-order valence-corrected chi connectivity index (χ1v) is 5.70. The Labute approximate surface area is 92.1 Å². The molecule has 1 unspecified atom stereocenters. The van der Waals surface area contributed by atoms with Crippen molar-refractivity contribution >= 4 is 17.2 Å². The summed E-state index contributed by atoms with van der Waals surface area (Å²) < 4.78 is 26.6. The maximum Gasteiger partial charge on any atom is 0.126 e. The lowest BCUT2D eigenvalue weighted by Crippen LogP contribution is -1.92. The Kier molecular flexibility index (Phi) is 4.52. The maximum atomic E-state index is 10.8. The van der Waals surface area contributed by atoms with Gasteiger partial charge >= 0.3 is 0 Å². The summed E-state index contributed by atoms with van der Waals surface area (Å²) in [5.74, 6) is 0.675. The van der Waals surface area contributed by atoms with Crippen molar-refractivity contribution < 1.29 is 13.5 Å². The molecule has 15 heavy (non-hydrogen) atoms. The van der Waals surface area contributed by atoms with Gasteiger partial charge in [0.2, 0.25) is 0 Å². The van der Waals surface area contributed by atoms with Gasteiger partial charge in [0.1, 0.15) is 5.75 Å². The minimum atomic E-state index is -2.19. The lowest BCUT2D eigenvalue weighted by Gasteiger charge is -2.09. The van der Waals surface area contributed by atoms with Gasteiger partial charge in [0, 0.05) is 10.5 Å². The molecule has 0 N–H and O–H groups in total. The van der Waals surface area contributed by atoms with Crippen LogP contribution in [0.25, 0.3) is 6.08 Å². The van der Waals surface area contributed by atoms with Gasteiger partial charge in [0.05, 0.1) is 7.11 Å². The molecular formula is C11H13O3S-. The zero-order valence-corrected chi connectivity index (χ0v) is 9.54. The van der Waals surface area contributed by atoms with E-state index in [0.717, 1.165) is 12.0 Å². The highest BCUT2D eigenvalue weighted by Crippen LogP contribution is 2.22. The number of methoxy groups -OCH3 is 1. The first kappa shape index (κ1) is 11.9. The fraction of sp³-hybridized carbons (Fsp3) is 0.273. The standard InChI is InChI=1S/C11H14O3S/c1-3-4-5-9-8-10(15(12)13)6-7-11(9)14-2/h4-8H,3H2,1-2H3,(H,12,13)/p-1/b5-4+. The highest BCUT2D eigenvalue weighted by molar-refractivity contribution is 7.79. The van der Waals surface area contributed by atoms with Crippen LogP contribution in [0.4, 0.5) is 0 Å². The Morgan fingerprint density at radius 1 is 1.53 bits per heavy atom. The van der Waals surface area contributed by atoms with Crippen LogP contribution in [0.2, 0.25) is 0 Å². The Balaban J connectivity index is 3.13. The average molecular weight is 225 g/mol. The molecule has 3 nitrogen and oxygen atoms in total. The number of hydrogen-bond donors (Lipinski definition) is 0. The molecule has 0 fully saturated rings. The van der Waals surface area contributed by atoms with Crippen LogP contribution in [0.5, 0.6) is 5.75 Å². The van der Waals surface area contributed by atoms with Gasteiger partial charge in [-0.3, -0.25) is 4.21 Å². The first-order valence-electron chi connectivity index (χ1n) is 4.63.